The second-order valence-corrected chi connectivity index (χ2v) is 8.59. The van der Waals surface area contributed by atoms with E-state index in [0.717, 1.165) is 42.0 Å². The summed E-state index contributed by atoms with van der Waals surface area (Å²) in [6.07, 6.45) is -1.18. The number of carbonyl (C=O) groups excluding carboxylic acids is 1. The first kappa shape index (κ1) is 22.2. The van der Waals surface area contributed by atoms with Crippen molar-refractivity contribution in [3.05, 3.63) is 89.4 Å². The third-order valence-electron chi connectivity index (χ3n) is 5.99. The maximum absolute atomic E-state index is 12.8. The van der Waals surface area contributed by atoms with Crippen molar-refractivity contribution in [2.45, 2.75) is 38.0 Å². The zero-order chi connectivity index (χ0) is 24.0. The van der Waals surface area contributed by atoms with Crippen LogP contribution in [0.2, 0.25) is 0 Å². The van der Waals surface area contributed by atoms with E-state index in [2.05, 4.69) is 10.3 Å². The van der Waals surface area contributed by atoms with Crippen molar-refractivity contribution in [1.29, 1.82) is 0 Å². The van der Waals surface area contributed by atoms with Gasteiger partial charge in [-0.2, -0.15) is 13.2 Å². The summed E-state index contributed by atoms with van der Waals surface area (Å²) in [7, 11) is 0. The number of anilines is 1. The molecule has 0 spiro atoms. The van der Waals surface area contributed by atoms with E-state index in [-0.39, 0.29) is 5.91 Å². The Kier molecular flexibility index (Phi) is 5.40. The first-order valence-electron chi connectivity index (χ1n) is 11.0. The van der Waals surface area contributed by atoms with Gasteiger partial charge in [0.05, 0.1) is 28.7 Å². The van der Waals surface area contributed by atoms with Gasteiger partial charge >= 0.3 is 6.18 Å². The van der Waals surface area contributed by atoms with Crippen molar-refractivity contribution >= 4 is 17.2 Å². The number of aliphatic hydroxyl groups is 1. The van der Waals surface area contributed by atoms with Crippen molar-refractivity contribution in [1.82, 2.24) is 9.38 Å². The normalized spacial score (nSPS) is 14.9. The van der Waals surface area contributed by atoms with Crippen molar-refractivity contribution < 1.29 is 23.1 Å². The number of amides is 1. The Balaban J connectivity index is 1.34. The molecule has 0 aliphatic heterocycles. The minimum absolute atomic E-state index is 0.320. The average molecular weight is 465 g/mol. The van der Waals surface area contributed by atoms with Crippen LogP contribution >= 0.6 is 0 Å². The van der Waals surface area contributed by atoms with Gasteiger partial charge in [0.1, 0.15) is 5.65 Å². The minimum Gasteiger partial charge on any atom is -0.387 e. The molecule has 34 heavy (non-hydrogen) atoms. The Morgan fingerprint density at radius 3 is 2.21 bits per heavy atom. The van der Waals surface area contributed by atoms with E-state index in [1.807, 2.05) is 4.40 Å². The highest BCUT2D eigenvalue weighted by Gasteiger charge is 2.31. The van der Waals surface area contributed by atoms with Crippen molar-refractivity contribution in [2.24, 2.45) is 0 Å². The predicted octanol–water partition coefficient (Wildman–Crippen LogP) is 6.20. The zero-order valence-electron chi connectivity index (χ0n) is 18.3. The summed E-state index contributed by atoms with van der Waals surface area (Å²) in [5.41, 5.74) is 3.98. The minimum atomic E-state index is -4.38. The molecule has 2 heterocycles. The molecule has 1 fully saturated rings. The van der Waals surface area contributed by atoms with E-state index in [0.29, 0.717) is 28.3 Å². The fourth-order valence-corrected chi connectivity index (χ4v) is 4.10. The molecular weight excluding hydrogens is 443 g/mol. The summed E-state index contributed by atoms with van der Waals surface area (Å²) in [5, 5.41) is 13.1. The summed E-state index contributed by atoms with van der Waals surface area (Å²) in [6, 6.07) is 15.1. The molecule has 1 atom stereocenters. The van der Waals surface area contributed by atoms with E-state index in [1.54, 1.807) is 49.5 Å². The summed E-state index contributed by atoms with van der Waals surface area (Å²) in [5.74, 6) is 0.0603. The monoisotopic (exact) mass is 465 g/mol. The number of imidazole rings is 1. The molecule has 1 aliphatic carbocycles. The van der Waals surface area contributed by atoms with Crippen LogP contribution in [0.3, 0.4) is 0 Å². The van der Waals surface area contributed by atoms with Gasteiger partial charge in [0, 0.05) is 17.7 Å². The van der Waals surface area contributed by atoms with Gasteiger partial charge in [-0.15, -0.1) is 0 Å². The second-order valence-electron chi connectivity index (χ2n) is 8.59. The number of hydrogen-bond donors (Lipinski definition) is 2. The molecule has 1 saturated carbocycles. The quantitative estimate of drug-likeness (QED) is 0.369. The fraction of sp³-hybridized carbons (Fsp3) is 0.231. The number of rotatable bonds is 5. The third kappa shape index (κ3) is 4.28. The molecular formula is C26H22F3N3O2. The maximum atomic E-state index is 12.8. The second kappa shape index (κ2) is 8.29. The molecule has 1 unspecified atom stereocenters. The third-order valence-corrected chi connectivity index (χ3v) is 5.99. The van der Waals surface area contributed by atoms with Crippen molar-refractivity contribution in [2.75, 3.05) is 5.32 Å². The molecule has 0 bridgehead atoms. The van der Waals surface area contributed by atoms with Gasteiger partial charge in [-0.1, -0.05) is 24.3 Å². The van der Waals surface area contributed by atoms with Gasteiger partial charge in [0.25, 0.3) is 5.91 Å². The molecule has 2 N–H and O–H groups in total. The molecule has 2 aromatic carbocycles. The molecule has 0 saturated heterocycles. The number of aromatic nitrogens is 2. The van der Waals surface area contributed by atoms with Crippen molar-refractivity contribution in [3.8, 4) is 11.1 Å². The number of carbonyl (C=O) groups is 1. The summed E-state index contributed by atoms with van der Waals surface area (Å²) >= 11 is 0. The Hall–Kier alpha value is -3.65. The molecule has 5 rings (SSSR count). The molecule has 5 nitrogen and oxygen atoms in total. The lowest BCUT2D eigenvalue weighted by Gasteiger charge is -2.10. The highest BCUT2D eigenvalue weighted by atomic mass is 19.4. The number of halogens is 3. The van der Waals surface area contributed by atoms with Crippen LogP contribution < -0.4 is 5.32 Å². The van der Waals surface area contributed by atoms with E-state index < -0.39 is 17.8 Å². The first-order chi connectivity index (χ1) is 16.2. The Morgan fingerprint density at radius 2 is 1.65 bits per heavy atom. The lowest BCUT2D eigenvalue weighted by atomic mass is 10.0. The topological polar surface area (TPSA) is 66.6 Å². The molecule has 1 aliphatic rings. The Bertz CT molecular complexity index is 1350. The number of alkyl halides is 3. The Labute approximate surface area is 193 Å². The van der Waals surface area contributed by atoms with Crippen LogP contribution in [0.5, 0.6) is 0 Å². The van der Waals surface area contributed by atoms with Crippen LogP contribution in [0, 0.1) is 0 Å². The van der Waals surface area contributed by atoms with Gasteiger partial charge in [-0.05, 0) is 67.3 Å². The first-order valence-corrected chi connectivity index (χ1v) is 11.0. The molecule has 1 amide bonds. The van der Waals surface area contributed by atoms with Crippen LogP contribution in [0.25, 0.3) is 16.8 Å². The van der Waals surface area contributed by atoms with E-state index in [1.165, 1.54) is 12.1 Å². The Morgan fingerprint density at radius 1 is 1.03 bits per heavy atom. The largest absolute Gasteiger partial charge is 0.416 e. The lowest BCUT2D eigenvalue weighted by Crippen LogP contribution is -2.12. The van der Waals surface area contributed by atoms with Crippen molar-refractivity contribution in [3.63, 3.8) is 0 Å². The maximum Gasteiger partial charge on any atom is 0.416 e. The predicted molar refractivity (Wildman–Crippen MR) is 123 cm³/mol. The fourth-order valence-electron chi connectivity index (χ4n) is 4.10. The number of fused-ring (bicyclic) bond motifs is 1. The van der Waals surface area contributed by atoms with Gasteiger partial charge < -0.3 is 10.4 Å². The molecule has 174 valence electrons. The highest BCUT2D eigenvalue weighted by Crippen LogP contribution is 2.43. The number of nitrogens with zero attached hydrogens (tertiary/aromatic N) is 2. The smallest absolute Gasteiger partial charge is 0.387 e. The van der Waals surface area contributed by atoms with Gasteiger partial charge in [-0.25, -0.2) is 4.98 Å². The highest BCUT2D eigenvalue weighted by molar-refractivity contribution is 6.04. The van der Waals surface area contributed by atoms with Gasteiger partial charge in [-0.3, -0.25) is 9.20 Å². The summed E-state index contributed by atoms with van der Waals surface area (Å²) in [6.45, 7) is 1.71. The number of aliphatic hydroxyl groups excluding tert-OH is 1. The molecule has 0 radical (unpaired) electrons. The van der Waals surface area contributed by atoms with Crippen LogP contribution in [-0.4, -0.2) is 20.4 Å². The summed E-state index contributed by atoms with van der Waals surface area (Å²) in [4.78, 5) is 17.4. The van der Waals surface area contributed by atoms with Gasteiger partial charge in [0.2, 0.25) is 0 Å². The van der Waals surface area contributed by atoms with E-state index in [4.69, 9.17) is 0 Å². The van der Waals surface area contributed by atoms with E-state index in [9.17, 15) is 23.1 Å². The molecule has 2 aromatic heterocycles. The van der Waals surface area contributed by atoms with Crippen LogP contribution in [-0.2, 0) is 6.18 Å². The van der Waals surface area contributed by atoms with Crippen LogP contribution in [0.4, 0.5) is 18.9 Å². The summed E-state index contributed by atoms with van der Waals surface area (Å²) < 4.78 is 40.1. The zero-order valence-corrected chi connectivity index (χ0v) is 18.3. The van der Waals surface area contributed by atoms with Crippen LogP contribution in [0.1, 0.15) is 59.1 Å². The van der Waals surface area contributed by atoms with Gasteiger partial charge in [0.15, 0.2) is 0 Å². The van der Waals surface area contributed by atoms with E-state index >= 15 is 0 Å². The standard InChI is InChI=1S/C26H22F3N3O2/c1-15(33)24-23(18-4-5-18)31-22-13-12-21(14-32(22)24)30-25(34)19-6-2-16(3-7-19)17-8-10-20(11-9-17)26(27,28)29/h2-3,6-15,18,33H,4-5H2,1H3,(H,30,34). The number of nitrogens with one attached hydrogen (secondary N) is 1. The lowest BCUT2D eigenvalue weighted by molar-refractivity contribution is -0.137. The molecule has 8 heteroatoms. The van der Waals surface area contributed by atoms with Crippen LogP contribution in [0.15, 0.2) is 66.9 Å². The number of benzene rings is 2. The average Bonchev–Trinajstić information content (AvgIpc) is 3.58. The number of pyridine rings is 1. The SMILES string of the molecule is CC(O)c1c(C2CC2)nc2ccc(NC(=O)c3ccc(-c4ccc(C(F)(F)F)cc4)cc3)cn12. The number of hydrogen-bond acceptors (Lipinski definition) is 3. The molecule has 4 aromatic rings.